The Morgan fingerprint density at radius 1 is 1.46 bits per heavy atom. The first kappa shape index (κ1) is 9.37. The SMILES string of the molecule is Cc1cc([N+](=O)[O-])c(N)c(F)c1F. The number of hydrogen-bond donors (Lipinski definition) is 1. The van der Waals surface area contributed by atoms with E-state index in [0.717, 1.165) is 6.07 Å². The molecule has 0 atom stereocenters. The molecule has 1 aromatic rings. The second-order valence-corrected chi connectivity index (χ2v) is 2.51. The number of anilines is 1. The maximum Gasteiger partial charge on any atom is 0.295 e. The van der Waals surface area contributed by atoms with Gasteiger partial charge in [0.15, 0.2) is 11.6 Å². The van der Waals surface area contributed by atoms with Crippen molar-refractivity contribution < 1.29 is 13.7 Å². The van der Waals surface area contributed by atoms with Crippen molar-refractivity contribution in [2.75, 3.05) is 5.73 Å². The van der Waals surface area contributed by atoms with Gasteiger partial charge in [0.2, 0.25) is 0 Å². The van der Waals surface area contributed by atoms with Crippen LogP contribution in [0.3, 0.4) is 0 Å². The summed E-state index contributed by atoms with van der Waals surface area (Å²) in [5, 5.41) is 10.3. The lowest BCUT2D eigenvalue weighted by atomic mass is 10.1. The number of benzene rings is 1. The Balaban J connectivity index is 3.50. The minimum absolute atomic E-state index is 0.140. The molecule has 0 heterocycles. The molecule has 2 N–H and O–H groups in total. The fourth-order valence-electron chi connectivity index (χ4n) is 0.901. The van der Waals surface area contributed by atoms with Gasteiger partial charge in [-0.15, -0.1) is 0 Å². The largest absolute Gasteiger partial charge is 0.391 e. The van der Waals surface area contributed by atoms with Crippen LogP contribution < -0.4 is 5.73 Å². The van der Waals surface area contributed by atoms with E-state index >= 15 is 0 Å². The zero-order valence-electron chi connectivity index (χ0n) is 6.67. The number of nitrogens with two attached hydrogens (primary N) is 1. The van der Waals surface area contributed by atoms with Crippen molar-refractivity contribution in [2.45, 2.75) is 6.92 Å². The lowest BCUT2D eigenvalue weighted by Gasteiger charge is -2.02. The number of nitro benzene ring substituents is 1. The standard InChI is InChI=1S/C7H6F2N2O2/c1-3-2-4(11(12)13)7(10)6(9)5(3)8/h2H,10H2,1H3. The van der Waals surface area contributed by atoms with E-state index in [2.05, 4.69) is 0 Å². The van der Waals surface area contributed by atoms with E-state index in [1.807, 2.05) is 0 Å². The van der Waals surface area contributed by atoms with Crippen molar-refractivity contribution in [1.82, 2.24) is 0 Å². The molecule has 0 aliphatic rings. The molecule has 0 radical (unpaired) electrons. The first-order valence-corrected chi connectivity index (χ1v) is 3.33. The highest BCUT2D eigenvalue weighted by atomic mass is 19.2. The first-order valence-electron chi connectivity index (χ1n) is 3.33. The molecule has 70 valence electrons. The number of rotatable bonds is 1. The lowest BCUT2D eigenvalue weighted by Crippen LogP contribution is -2.02. The molecule has 0 saturated carbocycles. The summed E-state index contributed by atoms with van der Waals surface area (Å²) < 4.78 is 25.6. The van der Waals surface area contributed by atoms with Gasteiger partial charge in [-0.25, -0.2) is 8.78 Å². The van der Waals surface area contributed by atoms with Crippen LogP contribution in [0.25, 0.3) is 0 Å². The number of nitrogens with zero attached hydrogens (tertiary/aromatic N) is 1. The molecule has 0 unspecified atom stereocenters. The highest BCUT2D eigenvalue weighted by Gasteiger charge is 2.20. The first-order chi connectivity index (χ1) is 5.95. The van der Waals surface area contributed by atoms with Crippen LogP contribution in [0.5, 0.6) is 0 Å². The van der Waals surface area contributed by atoms with E-state index in [9.17, 15) is 18.9 Å². The fourth-order valence-corrected chi connectivity index (χ4v) is 0.901. The van der Waals surface area contributed by atoms with Gasteiger partial charge in [-0.1, -0.05) is 0 Å². The van der Waals surface area contributed by atoms with Gasteiger partial charge < -0.3 is 5.73 Å². The van der Waals surface area contributed by atoms with Gasteiger partial charge in [0.1, 0.15) is 5.69 Å². The molecule has 0 fully saturated rings. The number of hydrogen-bond acceptors (Lipinski definition) is 3. The van der Waals surface area contributed by atoms with Gasteiger partial charge in [0, 0.05) is 6.07 Å². The summed E-state index contributed by atoms with van der Waals surface area (Å²) in [5.41, 5.74) is 3.47. The zero-order chi connectivity index (χ0) is 10.2. The molecule has 1 aromatic carbocycles. The van der Waals surface area contributed by atoms with Gasteiger partial charge >= 0.3 is 0 Å². The predicted molar refractivity (Wildman–Crippen MR) is 42.2 cm³/mol. The molecule has 6 heteroatoms. The maximum atomic E-state index is 12.8. The van der Waals surface area contributed by atoms with Crippen LogP contribution in [0.15, 0.2) is 6.07 Å². The van der Waals surface area contributed by atoms with Crippen LogP contribution >= 0.6 is 0 Å². The van der Waals surface area contributed by atoms with Gasteiger partial charge in [-0.05, 0) is 12.5 Å². The average Bonchev–Trinajstić information content (AvgIpc) is 2.07. The predicted octanol–water partition coefficient (Wildman–Crippen LogP) is 1.76. The highest BCUT2D eigenvalue weighted by molar-refractivity contribution is 5.60. The summed E-state index contributed by atoms with van der Waals surface area (Å²) in [5.74, 6) is -2.52. The van der Waals surface area contributed by atoms with Crippen molar-refractivity contribution in [3.05, 3.63) is 33.4 Å². The van der Waals surface area contributed by atoms with Gasteiger partial charge in [-0.2, -0.15) is 0 Å². The fraction of sp³-hybridized carbons (Fsp3) is 0.143. The van der Waals surface area contributed by atoms with Crippen LogP contribution in [0.1, 0.15) is 5.56 Å². The Hall–Kier alpha value is -1.72. The van der Waals surface area contributed by atoms with E-state index in [1.165, 1.54) is 6.92 Å². The van der Waals surface area contributed by atoms with Crippen molar-refractivity contribution in [2.24, 2.45) is 0 Å². The third-order valence-corrected chi connectivity index (χ3v) is 1.60. The van der Waals surface area contributed by atoms with Crippen LogP contribution in [0.4, 0.5) is 20.2 Å². The Kier molecular flexibility index (Phi) is 2.14. The highest BCUT2D eigenvalue weighted by Crippen LogP contribution is 2.28. The molecule has 0 saturated heterocycles. The third-order valence-electron chi connectivity index (χ3n) is 1.60. The molecule has 13 heavy (non-hydrogen) atoms. The smallest absolute Gasteiger partial charge is 0.295 e. The number of nitro groups is 1. The summed E-state index contributed by atoms with van der Waals surface area (Å²) in [6.45, 7) is 1.23. The second kappa shape index (κ2) is 2.96. The van der Waals surface area contributed by atoms with Crippen LogP contribution in [0, 0.1) is 28.7 Å². The van der Waals surface area contributed by atoms with E-state index in [4.69, 9.17) is 5.73 Å². The summed E-state index contributed by atoms with van der Waals surface area (Å²) in [4.78, 5) is 9.42. The summed E-state index contributed by atoms with van der Waals surface area (Å²) in [7, 11) is 0. The Morgan fingerprint density at radius 2 is 2.00 bits per heavy atom. The van der Waals surface area contributed by atoms with Crippen LogP contribution in [0.2, 0.25) is 0 Å². The molecule has 0 spiro atoms. The van der Waals surface area contributed by atoms with Gasteiger partial charge in [-0.3, -0.25) is 10.1 Å². The van der Waals surface area contributed by atoms with Crippen LogP contribution in [-0.4, -0.2) is 4.92 Å². The molecule has 0 aliphatic heterocycles. The topological polar surface area (TPSA) is 69.2 Å². The molecule has 0 amide bonds. The normalized spacial score (nSPS) is 10.1. The minimum Gasteiger partial charge on any atom is -0.391 e. The molecule has 0 bridgehead atoms. The lowest BCUT2D eigenvalue weighted by molar-refractivity contribution is -0.384. The summed E-state index contributed by atoms with van der Waals surface area (Å²) >= 11 is 0. The molecule has 0 aromatic heterocycles. The number of aryl methyl sites for hydroxylation is 1. The molecule has 1 rings (SSSR count). The Labute approximate surface area is 72.1 Å². The van der Waals surface area contributed by atoms with Crippen molar-refractivity contribution in [1.29, 1.82) is 0 Å². The molecular weight excluding hydrogens is 182 g/mol. The van der Waals surface area contributed by atoms with Crippen molar-refractivity contribution in [3.63, 3.8) is 0 Å². The second-order valence-electron chi connectivity index (χ2n) is 2.51. The zero-order valence-corrected chi connectivity index (χ0v) is 6.67. The van der Waals surface area contributed by atoms with E-state index in [1.54, 1.807) is 0 Å². The quantitative estimate of drug-likeness (QED) is 0.414. The molecule has 4 nitrogen and oxygen atoms in total. The Morgan fingerprint density at radius 3 is 2.46 bits per heavy atom. The Bertz CT molecular complexity index is 379. The van der Waals surface area contributed by atoms with Crippen LogP contribution in [-0.2, 0) is 0 Å². The van der Waals surface area contributed by atoms with Crippen molar-refractivity contribution in [3.8, 4) is 0 Å². The number of halogens is 2. The molecular formula is C7H6F2N2O2. The maximum absolute atomic E-state index is 12.8. The monoisotopic (exact) mass is 188 g/mol. The van der Waals surface area contributed by atoms with Gasteiger partial charge in [0.05, 0.1) is 4.92 Å². The van der Waals surface area contributed by atoms with Gasteiger partial charge in [0.25, 0.3) is 5.69 Å². The van der Waals surface area contributed by atoms with E-state index < -0.39 is 27.9 Å². The third kappa shape index (κ3) is 1.42. The number of nitrogen functional groups attached to an aromatic ring is 1. The molecule has 0 aliphatic carbocycles. The van der Waals surface area contributed by atoms with Crippen molar-refractivity contribution >= 4 is 11.4 Å². The summed E-state index contributed by atoms with van der Waals surface area (Å²) in [6, 6.07) is 0.897. The van der Waals surface area contributed by atoms with E-state index in [-0.39, 0.29) is 5.56 Å². The minimum atomic E-state index is -1.37. The average molecular weight is 188 g/mol. The summed E-state index contributed by atoms with van der Waals surface area (Å²) in [6.07, 6.45) is 0. The van der Waals surface area contributed by atoms with E-state index in [0.29, 0.717) is 0 Å².